The maximum absolute atomic E-state index is 12.7. The minimum Gasteiger partial charge on any atom is -0.464 e. The van der Waals surface area contributed by atoms with Crippen LogP contribution in [0.25, 0.3) is 22.2 Å². The number of carbonyl (C=O) groups excluding carboxylic acids is 2. The minimum atomic E-state index is -0.695. The Morgan fingerprint density at radius 2 is 1.88 bits per heavy atom. The topological polar surface area (TPSA) is 70.7 Å². The van der Waals surface area contributed by atoms with Crippen molar-refractivity contribution in [2.75, 3.05) is 7.11 Å². The van der Waals surface area contributed by atoms with Crippen LogP contribution in [0.2, 0.25) is 0 Å². The van der Waals surface area contributed by atoms with E-state index in [1.165, 1.54) is 11.7 Å². The highest BCUT2D eigenvalue weighted by molar-refractivity contribution is 6.02. The smallest absolute Gasteiger partial charge is 0.419 e. The molecule has 0 bridgehead atoms. The standard InChI is InChI=1S/C19H19NO5/c1-19(2,3)25-18(22)20-14-11-13(16-6-5-9-24-16)8-7-12(14)10-15(20)17(21)23-4/h5-11H,1-4H3. The zero-order valence-corrected chi connectivity index (χ0v) is 14.5. The first-order chi connectivity index (χ1) is 11.8. The Kier molecular flexibility index (Phi) is 4.12. The summed E-state index contributed by atoms with van der Waals surface area (Å²) in [6, 6.07) is 10.7. The number of hydrogen-bond acceptors (Lipinski definition) is 5. The third-order valence-electron chi connectivity index (χ3n) is 3.58. The average Bonchev–Trinajstić information content (AvgIpc) is 3.19. The van der Waals surface area contributed by atoms with E-state index in [9.17, 15) is 9.59 Å². The van der Waals surface area contributed by atoms with Gasteiger partial charge in [-0.25, -0.2) is 14.2 Å². The van der Waals surface area contributed by atoms with Crippen LogP contribution in [-0.4, -0.2) is 29.3 Å². The Morgan fingerprint density at radius 3 is 2.48 bits per heavy atom. The molecule has 3 rings (SSSR count). The zero-order chi connectivity index (χ0) is 18.2. The number of aromatic nitrogens is 1. The van der Waals surface area contributed by atoms with Gasteiger partial charge in [-0.2, -0.15) is 0 Å². The maximum Gasteiger partial charge on any atom is 0.419 e. The molecular formula is C19H19NO5. The monoisotopic (exact) mass is 341 g/mol. The van der Waals surface area contributed by atoms with Crippen LogP contribution < -0.4 is 0 Å². The van der Waals surface area contributed by atoms with Crippen LogP contribution in [0, 0.1) is 0 Å². The van der Waals surface area contributed by atoms with Gasteiger partial charge in [0.1, 0.15) is 17.1 Å². The highest BCUT2D eigenvalue weighted by atomic mass is 16.6. The fourth-order valence-corrected chi connectivity index (χ4v) is 2.56. The van der Waals surface area contributed by atoms with Crippen LogP contribution in [0.3, 0.4) is 0 Å². The van der Waals surface area contributed by atoms with Crippen LogP contribution in [-0.2, 0) is 9.47 Å². The fraction of sp³-hybridized carbons (Fsp3) is 0.263. The van der Waals surface area contributed by atoms with E-state index in [-0.39, 0.29) is 5.69 Å². The predicted octanol–water partition coefficient (Wildman–Crippen LogP) is 4.47. The number of nitrogens with zero attached hydrogens (tertiary/aromatic N) is 1. The molecule has 0 aliphatic carbocycles. The lowest BCUT2D eigenvalue weighted by atomic mass is 10.1. The molecule has 6 heteroatoms. The molecule has 2 heterocycles. The number of furan rings is 1. The van der Waals surface area contributed by atoms with E-state index in [2.05, 4.69) is 0 Å². The molecule has 0 atom stereocenters. The number of rotatable bonds is 2. The molecule has 130 valence electrons. The van der Waals surface area contributed by atoms with Crippen molar-refractivity contribution in [2.45, 2.75) is 26.4 Å². The van der Waals surface area contributed by atoms with E-state index in [1.807, 2.05) is 18.2 Å². The summed E-state index contributed by atoms with van der Waals surface area (Å²) >= 11 is 0. The normalized spacial score (nSPS) is 11.5. The fourth-order valence-electron chi connectivity index (χ4n) is 2.56. The van der Waals surface area contributed by atoms with Crippen molar-refractivity contribution in [3.8, 4) is 11.3 Å². The van der Waals surface area contributed by atoms with Gasteiger partial charge in [-0.15, -0.1) is 0 Å². The SMILES string of the molecule is COC(=O)c1cc2ccc(-c3ccco3)cc2n1C(=O)OC(C)(C)C. The summed E-state index contributed by atoms with van der Waals surface area (Å²) < 4.78 is 16.9. The van der Waals surface area contributed by atoms with Gasteiger partial charge in [0.15, 0.2) is 0 Å². The lowest BCUT2D eigenvalue weighted by molar-refractivity contribution is 0.0490. The maximum atomic E-state index is 12.7. The number of fused-ring (bicyclic) bond motifs is 1. The summed E-state index contributed by atoms with van der Waals surface area (Å²) in [5.74, 6) is 0.0556. The van der Waals surface area contributed by atoms with Crippen LogP contribution in [0.4, 0.5) is 4.79 Å². The molecule has 0 aliphatic heterocycles. The molecule has 6 nitrogen and oxygen atoms in total. The first-order valence-corrected chi connectivity index (χ1v) is 7.81. The third-order valence-corrected chi connectivity index (χ3v) is 3.58. The molecule has 25 heavy (non-hydrogen) atoms. The molecular weight excluding hydrogens is 322 g/mol. The number of carbonyl (C=O) groups is 2. The van der Waals surface area contributed by atoms with Gasteiger partial charge in [0, 0.05) is 10.9 Å². The first kappa shape index (κ1) is 16.8. The van der Waals surface area contributed by atoms with Crippen LogP contribution in [0.5, 0.6) is 0 Å². The van der Waals surface area contributed by atoms with Gasteiger partial charge in [-0.3, -0.25) is 0 Å². The first-order valence-electron chi connectivity index (χ1n) is 7.81. The van der Waals surface area contributed by atoms with Crippen molar-refractivity contribution in [1.29, 1.82) is 0 Å². The average molecular weight is 341 g/mol. The molecule has 0 N–H and O–H groups in total. The summed E-state index contributed by atoms with van der Waals surface area (Å²) in [6.45, 7) is 5.30. The highest BCUT2D eigenvalue weighted by Gasteiger charge is 2.25. The predicted molar refractivity (Wildman–Crippen MR) is 92.6 cm³/mol. The molecule has 3 aromatic rings. The minimum absolute atomic E-state index is 0.114. The molecule has 0 spiro atoms. The van der Waals surface area contributed by atoms with Gasteiger partial charge in [0.05, 0.1) is 18.9 Å². The molecule has 0 unspecified atom stereocenters. The van der Waals surface area contributed by atoms with E-state index in [0.29, 0.717) is 11.3 Å². The molecule has 0 fully saturated rings. The molecule has 1 aromatic carbocycles. The molecule has 0 amide bonds. The number of esters is 1. The molecule has 2 aromatic heterocycles. The largest absolute Gasteiger partial charge is 0.464 e. The Bertz CT molecular complexity index is 929. The molecule has 0 radical (unpaired) electrons. The van der Waals surface area contributed by atoms with E-state index in [0.717, 1.165) is 10.9 Å². The lowest BCUT2D eigenvalue weighted by Crippen LogP contribution is -2.29. The van der Waals surface area contributed by atoms with Crippen LogP contribution in [0.15, 0.2) is 47.1 Å². The van der Waals surface area contributed by atoms with Crippen molar-refractivity contribution in [2.24, 2.45) is 0 Å². The quantitative estimate of drug-likeness (QED) is 0.643. The Labute approximate surface area is 144 Å². The Morgan fingerprint density at radius 1 is 1.12 bits per heavy atom. The summed E-state index contributed by atoms with van der Waals surface area (Å²) in [5.41, 5.74) is 0.753. The van der Waals surface area contributed by atoms with Crippen molar-refractivity contribution < 1.29 is 23.5 Å². The van der Waals surface area contributed by atoms with E-state index in [4.69, 9.17) is 13.9 Å². The van der Waals surface area contributed by atoms with Crippen molar-refractivity contribution in [1.82, 2.24) is 4.57 Å². The molecule has 0 aliphatic rings. The molecule has 0 saturated carbocycles. The van der Waals surface area contributed by atoms with Crippen LogP contribution >= 0.6 is 0 Å². The third kappa shape index (κ3) is 3.28. The van der Waals surface area contributed by atoms with Crippen LogP contribution in [0.1, 0.15) is 31.3 Å². The number of methoxy groups -OCH3 is 1. The van der Waals surface area contributed by atoms with Gasteiger partial charge in [-0.1, -0.05) is 12.1 Å². The van der Waals surface area contributed by atoms with Crippen molar-refractivity contribution in [3.05, 3.63) is 48.4 Å². The summed E-state index contributed by atoms with van der Waals surface area (Å²) in [5, 5.41) is 0.724. The molecule has 0 saturated heterocycles. The Balaban J connectivity index is 2.20. The van der Waals surface area contributed by atoms with Gasteiger partial charge in [-0.05, 0) is 45.0 Å². The van der Waals surface area contributed by atoms with Crippen molar-refractivity contribution >= 4 is 23.0 Å². The lowest BCUT2D eigenvalue weighted by Gasteiger charge is -2.20. The van der Waals surface area contributed by atoms with Crippen molar-refractivity contribution in [3.63, 3.8) is 0 Å². The Hall–Kier alpha value is -3.02. The van der Waals surface area contributed by atoms with E-state index < -0.39 is 17.7 Å². The number of hydrogen-bond donors (Lipinski definition) is 0. The highest BCUT2D eigenvalue weighted by Crippen LogP contribution is 2.28. The summed E-state index contributed by atoms with van der Waals surface area (Å²) in [7, 11) is 1.27. The van der Waals surface area contributed by atoms with Gasteiger partial charge < -0.3 is 13.9 Å². The second-order valence-corrected chi connectivity index (χ2v) is 6.59. The summed E-state index contributed by atoms with van der Waals surface area (Å²) in [4.78, 5) is 24.8. The van der Waals surface area contributed by atoms with Gasteiger partial charge in [0.2, 0.25) is 0 Å². The number of ether oxygens (including phenoxy) is 2. The second-order valence-electron chi connectivity index (χ2n) is 6.59. The van der Waals surface area contributed by atoms with Gasteiger partial charge >= 0.3 is 12.1 Å². The zero-order valence-electron chi connectivity index (χ0n) is 14.5. The second kappa shape index (κ2) is 6.12. The van der Waals surface area contributed by atoms with E-state index in [1.54, 1.807) is 45.2 Å². The van der Waals surface area contributed by atoms with Gasteiger partial charge in [0.25, 0.3) is 0 Å². The van der Waals surface area contributed by atoms with E-state index >= 15 is 0 Å². The summed E-state index contributed by atoms with van der Waals surface area (Å²) in [6.07, 6.45) is 0.936. The number of benzene rings is 1.